The first-order valence-electron chi connectivity index (χ1n) is 17.4. The fraction of sp³-hybridized carbons (Fsp3) is 0.390. The van der Waals surface area contributed by atoms with Crippen LogP contribution in [-0.2, 0) is 40.6 Å². The number of halogens is 2. The van der Waals surface area contributed by atoms with Crippen LogP contribution in [-0.4, -0.2) is 36.3 Å². The Kier molecular flexibility index (Phi) is 9.37. The molecule has 268 valence electrons. The van der Waals surface area contributed by atoms with Gasteiger partial charge in [-0.2, -0.15) is 8.42 Å². The number of fused-ring (bicyclic) bond motifs is 10. The number of ketones is 1. The van der Waals surface area contributed by atoms with Crippen LogP contribution >= 0.6 is 31.9 Å². The van der Waals surface area contributed by atoms with Gasteiger partial charge in [0.25, 0.3) is 0 Å². The number of phenolic OH excluding ortho intramolecular Hbond substituents is 2. The quantitative estimate of drug-likeness (QED) is 0.164. The third-order valence-electron chi connectivity index (χ3n) is 11.5. The maximum absolute atomic E-state index is 14.2. The summed E-state index contributed by atoms with van der Waals surface area (Å²) in [5.41, 5.74) is 3.98. The summed E-state index contributed by atoms with van der Waals surface area (Å²) in [5.74, 6) is 0.865. The zero-order valence-electron chi connectivity index (χ0n) is 29.2. The molecule has 4 aromatic rings. The SMILES string of the molecule is CC(C)Oc1c2cccc1Cc1cccc(c1OS(=O)(=O)C[C@@]13CC[C@@H](CC1=O)C3(C)C)Cc1cc(Br)cc(c1O)Cc1cc(Br)cc(c1O)C2. The van der Waals surface area contributed by atoms with Crippen LogP contribution < -0.4 is 8.92 Å². The summed E-state index contributed by atoms with van der Waals surface area (Å²) in [5, 5.41) is 23.2. The number of carbonyl (C=O) groups excluding carboxylic acids is 1. The standard InChI is InChI=1S/C41H42Br2O7S/c1-23(2)49-38-24-7-5-8-25(38)14-28-17-33(42)19-30(36(28)45)16-31-20-34(43)18-29(37(31)46)15-27-10-6-9-26(13-24)39(27)50-51(47,48)22-41-12-11-32(21-35(41)44)40(41,3)4/h5-10,17-20,23,32,45-46H,11-16,21-22H2,1-4H3/t32-,41-/m0/s1. The summed E-state index contributed by atoms with van der Waals surface area (Å²) in [7, 11) is -4.26. The van der Waals surface area contributed by atoms with Crippen LogP contribution in [0, 0.1) is 16.7 Å². The molecule has 51 heavy (non-hydrogen) atoms. The average Bonchev–Trinajstić information content (AvgIpc) is 3.38. The van der Waals surface area contributed by atoms with Gasteiger partial charge >= 0.3 is 10.1 Å². The largest absolute Gasteiger partial charge is 0.507 e. The van der Waals surface area contributed by atoms with Crippen LogP contribution in [0.4, 0.5) is 0 Å². The van der Waals surface area contributed by atoms with Crippen molar-refractivity contribution in [2.45, 2.75) is 78.7 Å². The van der Waals surface area contributed by atoms with Crippen molar-refractivity contribution in [1.29, 1.82) is 0 Å². The second-order valence-corrected chi connectivity index (χ2v) is 18.7. The molecule has 2 saturated carbocycles. The summed E-state index contributed by atoms with van der Waals surface area (Å²) < 4.78 is 42.7. The summed E-state index contributed by atoms with van der Waals surface area (Å²) in [6, 6.07) is 18.8. The molecule has 7 rings (SSSR count). The van der Waals surface area contributed by atoms with Gasteiger partial charge in [0.1, 0.15) is 28.8 Å². The first-order chi connectivity index (χ1) is 24.1. The van der Waals surface area contributed by atoms with E-state index < -0.39 is 20.9 Å². The Hall–Kier alpha value is -3.34. The van der Waals surface area contributed by atoms with Gasteiger partial charge in [0.2, 0.25) is 0 Å². The van der Waals surface area contributed by atoms with E-state index in [0.717, 1.165) is 26.5 Å². The van der Waals surface area contributed by atoms with Crippen molar-refractivity contribution in [3.05, 3.63) is 114 Å². The second kappa shape index (κ2) is 13.3. The number of para-hydroxylation sites is 2. The molecule has 10 heteroatoms. The van der Waals surface area contributed by atoms with E-state index in [4.69, 9.17) is 8.92 Å². The van der Waals surface area contributed by atoms with Crippen molar-refractivity contribution in [2.75, 3.05) is 5.75 Å². The van der Waals surface area contributed by atoms with Gasteiger partial charge in [-0.15, -0.1) is 0 Å². The monoisotopic (exact) mass is 836 g/mol. The van der Waals surface area contributed by atoms with Crippen LogP contribution in [0.15, 0.2) is 69.6 Å². The fourth-order valence-corrected chi connectivity index (χ4v) is 11.6. The molecule has 0 saturated heterocycles. The lowest BCUT2D eigenvalue weighted by Crippen LogP contribution is -2.43. The molecule has 0 radical (unpaired) electrons. The van der Waals surface area contributed by atoms with Gasteiger partial charge in [-0.25, -0.2) is 0 Å². The van der Waals surface area contributed by atoms with Crippen LogP contribution in [0.25, 0.3) is 0 Å². The summed E-state index contributed by atoms with van der Waals surface area (Å²) in [6.45, 7) is 7.95. The highest BCUT2D eigenvalue weighted by molar-refractivity contribution is 9.10. The number of hydrogen-bond donors (Lipinski definition) is 2. The molecule has 3 aliphatic rings. The first kappa shape index (κ1) is 36.0. The van der Waals surface area contributed by atoms with E-state index in [2.05, 4.69) is 31.9 Å². The van der Waals surface area contributed by atoms with Gasteiger partial charge in [-0.05, 0) is 95.7 Å². The molecule has 2 fully saturated rings. The molecule has 3 aliphatic carbocycles. The average molecular weight is 839 g/mol. The smallest absolute Gasteiger partial charge is 0.310 e. The highest BCUT2D eigenvalue weighted by Crippen LogP contribution is 2.64. The predicted octanol–water partition coefficient (Wildman–Crippen LogP) is 9.19. The van der Waals surface area contributed by atoms with E-state index in [-0.39, 0.29) is 60.1 Å². The Morgan fingerprint density at radius 1 is 0.765 bits per heavy atom. The van der Waals surface area contributed by atoms with Gasteiger partial charge in [0, 0.05) is 52.2 Å². The molecular weight excluding hydrogens is 796 g/mol. The molecule has 0 amide bonds. The number of hydrogen-bond acceptors (Lipinski definition) is 7. The van der Waals surface area contributed by atoms with E-state index in [1.54, 1.807) is 0 Å². The number of phenols is 2. The normalized spacial score (nSPS) is 20.8. The zero-order valence-corrected chi connectivity index (χ0v) is 33.2. The Labute approximate surface area is 316 Å². The maximum atomic E-state index is 14.2. The molecule has 0 aliphatic heterocycles. The fourth-order valence-electron chi connectivity index (χ4n) is 8.69. The number of ether oxygens (including phenoxy) is 1. The molecule has 0 spiro atoms. The van der Waals surface area contributed by atoms with Gasteiger partial charge < -0.3 is 19.1 Å². The minimum Gasteiger partial charge on any atom is -0.507 e. The number of rotatable bonds is 6. The van der Waals surface area contributed by atoms with E-state index in [1.807, 2.05) is 88.4 Å². The summed E-state index contributed by atoms with van der Waals surface area (Å²) >= 11 is 7.25. The Balaban J connectivity index is 1.40. The molecule has 7 nitrogen and oxygen atoms in total. The second-order valence-electron chi connectivity index (χ2n) is 15.3. The number of Topliss-reactive ketones (excluding diaryl/α,β-unsaturated/α-hetero) is 1. The Morgan fingerprint density at radius 2 is 1.20 bits per heavy atom. The molecule has 2 atom stereocenters. The van der Waals surface area contributed by atoms with Crippen molar-refractivity contribution >= 4 is 47.8 Å². The first-order valence-corrected chi connectivity index (χ1v) is 20.6. The number of aromatic hydroxyl groups is 2. The lowest BCUT2D eigenvalue weighted by Gasteiger charge is -2.35. The van der Waals surface area contributed by atoms with Crippen molar-refractivity contribution in [3.8, 4) is 23.0 Å². The topological polar surface area (TPSA) is 110 Å². The van der Waals surface area contributed by atoms with Crippen molar-refractivity contribution < 1.29 is 32.3 Å². The van der Waals surface area contributed by atoms with Gasteiger partial charge in [0.05, 0.1) is 17.3 Å². The van der Waals surface area contributed by atoms with Crippen LogP contribution in [0.2, 0.25) is 0 Å². The van der Waals surface area contributed by atoms with Gasteiger partial charge in [-0.1, -0.05) is 82.1 Å². The molecule has 2 N–H and O–H groups in total. The molecule has 0 heterocycles. The molecular formula is C41H42Br2O7S. The minimum absolute atomic E-state index is 0.00709. The molecule has 0 unspecified atom stereocenters. The zero-order chi connectivity index (χ0) is 36.5. The van der Waals surface area contributed by atoms with E-state index >= 15 is 0 Å². The predicted molar refractivity (Wildman–Crippen MR) is 204 cm³/mol. The maximum Gasteiger partial charge on any atom is 0.310 e. The van der Waals surface area contributed by atoms with Crippen LogP contribution in [0.3, 0.4) is 0 Å². The highest BCUT2D eigenvalue weighted by atomic mass is 79.9. The third-order valence-corrected chi connectivity index (χ3v) is 13.7. The summed E-state index contributed by atoms with van der Waals surface area (Å²) in [6.07, 6.45) is 2.68. The Bertz CT molecular complexity index is 2180. The lowest BCUT2D eigenvalue weighted by molar-refractivity contribution is -0.128. The highest BCUT2D eigenvalue weighted by Gasteiger charge is 2.65. The van der Waals surface area contributed by atoms with Crippen LogP contribution in [0.5, 0.6) is 23.0 Å². The molecule has 10 bridgehead atoms. The number of carbonyl (C=O) groups is 1. The van der Waals surface area contributed by atoms with Crippen LogP contribution in [0.1, 0.15) is 91.5 Å². The summed E-state index contributed by atoms with van der Waals surface area (Å²) in [4.78, 5) is 13.4. The van der Waals surface area contributed by atoms with E-state index in [9.17, 15) is 23.4 Å². The van der Waals surface area contributed by atoms with Gasteiger partial charge in [0.15, 0.2) is 0 Å². The van der Waals surface area contributed by atoms with Gasteiger partial charge in [-0.3, -0.25) is 4.79 Å². The minimum atomic E-state index is -4.26. The third kappa shape index (κ3) is 6.61. The Morgan fingerprint density at radius 3 is 1.61 bits per heavy atom. The van der Waals surface area contributed by atoms with Crippen molar-refractivity contribution in [3.63, 3.8) is 0 Å². The molecule has 0 aromatic heterocycles. The van der Waals surface area contributed by atoms with Crippen molar-refractivity contribution in [2.24, 2.45) is 16.7 Å². The lowest BCUT2D eigenvalue weighted by atomic mass is 9.70. The molecule has 4 aromatic carbocycles. The van der Waals surface area contributed by atoms with E-state index in [1.165, 1.54) is 0 Å². The van der Waals surface area contributed by atoms with Crippen molar-refractivity contribution in [1.82, 2.24) is 0 Å². The van der Waals surface area contributed by atoms with E-state index in [0.29, 0.717) is 58.4 Å². The number of benzene rings is 4.